The van der Waals surface area contributed by atoms with Gasteiger partial charge in [-0.3, -0.25) is 0 Å². The maximum Gasteiger partial charge on any atom is 0.333 e. The van der Waals surface area contributed by atoms with Crippen molar-refractivity contribution in [3.63, 3.8) is 0 Å². The summed E-state index contributed by atoms with van der Waals surface area (Å²) in [5.74, 6) is -1.52. The predicted molar refractivity (Wildman–Crippen MR) is 30.4 cm³/mol. The van der Waals surface area contributed by atoms with Crippen LogP contribution in [0, 0.1) is 0 Å². The van der Waals surface area contributed by atoms with Crippen LogP contribution in [-0.2, 0) is 14.3 Å². The summed E-state index contributed by atoms with van der Waals surface area (Å²) in [6, 6.07) is 0. The minimum Gasteiger partial charge on any atom is -0.391 e. The summed E-state index contributed by atoms with van der Waals surface area (Å²) in [6.07, 6.45) is 0. The van der Waals surface area contributed by atoms with E-state index in [0.29, 0.717) is 0 Å². The Morgan fingerprint density at radius 3 is 1.56 bits per heavy atom. The lowest BCUT2D eigenvalue weighted by Crippen LogP contribution is -2.16. The molecular weight excluding hydrogens is 167 g/mol. The second-order valence-electron chi connectivity index (χ2n) is 1.54. The first-order valence-corrected chi connectivity index (χ1v) is 3.04. The molecule has 0 radical (unpaired) electrons. The molecule has 3 nitrogen and oxygen atoms in total. The Bertz CT molecular complexity index is 149. The first-order valence-electron chi connectivity index (χ1n) is 2.16. The quantitative estimate of drug-likeness (QED) is 0.297. The zero-order valence-electron chi connectivity index (χ0n) is 4.14. The smallest absolute Gasteiger partial charge is 0.333 e. The molecule has 0 aromatic rings. The minimum absolute atomic E-state index is 0.762. The predicted octanol–water partition coefficient (Wildman–Crippen LogP) is 0.285. The second kappa shape index (κ2) is 2.15. The second-order valence-corrected chi connectivity index (χ2v) is 2.48. The van der Waals surface area contributed by atoms with Gasteiger partial charge in [0.25, 0.3) is 0 Å². The Morgan fingerprint density at radius 1 is 1.11 bits per heavy atom. The van der Waals surface area contributed by atoms with E-state index in [1.54, 1.807) is 0 Å². The summed E-state index contributed by atoms with van der Waals surface area (Å²) < 4.78 is 4.04. The first-order chi connectivity index (χ1) is 4.13. The van der Waals surface area contributed by atoms with E-state index in [-0.39, 0.29) is 0 Å². The summed E-state index contributed by atoms with van der Waals surface area (Å²) in [5, 5.41) is -2.03. The zero-order valence-corrected chi connectivity index (χ0v) is 5.65. The highest BCUT2D eigenvalue weighted by Crippen LogP contribution is 2.20. The van der Waals surface area contributed by atoms with Crippen LogP contribution < -0.4 is 0 Å². The van der Waals surface area contributed by atoms with Crippen molar-refractivity contribution in [3.8, 4) is 0 Å². The maximum atomic E-state index is 10.3. The van der Waals surface area contributed by atoms with E-state index in [1.165, 1.54) is 0 Å². The summed E-state index contributed by atoms with van der Waals surface area (Å²) in [4.78, 5) is 20.7. The number of alkyl halides is 2. The minimum atomic E-state index is -1.01. The van der Waals surface area contributed by atoms with Gasteiger partial charge in [0.15, 0.2) is 10.8 Å². The average molecular weight is 169 g/mol. The highest BCUT2D eigenvalue weighted by Gasteiger charge is 2.41. The van der Waals surface area contributed by atoms with Crippen molar-refractivity contribution < 1.29 is 14.3 Å². The molecule has 0 spiro atoms. The first kappa shape index (κ1) is 6.83. The Morgan fingerprint density at radius 2 is 1.44 bits per heavy atom. The van der Waals surface area contributed by atoms with Crippen molar-refractivity contribution in [2.45, 2.75) is 10.8 Å². The molecule has 1 aliphatic heterocycles. The number of cyclic esters (lactones) is 2. The van der Waals surface area contributed by atoms with Gasteiger partial charge in [-0.1, -0.05) is 0 Å². The highest BCUT2D eigenvalue weighted by atomic mass is 35.5. The number of esters is 2. The molecule has 0 aliphatic carbocycles. The third-order valence-electron chi connectivity index (χ3n) is 0.908. The Balaban J connectivity index is 2.77. The number of hydrogen-bond acceptors (Lipinski definition) is 3. The number of hydrogen-bond donors (Lipinski definition) is 0. The molecule has 5 heteroatoms. The van der Waals surface area contributed by atoms with Crippen LogP contribution in [0.5, 0.6) is 0 Å². The third-order valence-corrected chi connectivity index (χ3v) is 1.90. The van der Waals surface area contributed by atoms with Crippen LogP contribution in [0.2, 0.25) is 0 Å². The van der Waals surface area contributed by atoms with E-state index in [1.807, 2.05) is 0 Å². The summed E-state index contributed by atoms with van der Waals surface area (Å²) in [7, 11) is 0. The van der Waals surface area contributed by atoms with Crippen LogP contribution >= 0.6 is 23.2 Å². The Labute approximate surface area is 60.9 Å². The normalized spacial score (nSPS) is 34.9. The van der Waals surface area contributed by atoms with Crippen molar-refractivity contribution in [1.82, 2.24) is 0 Å². The van der Waals surface area contributed by atoms with Crippen LogP contribution in [0.25, 0.3) is 0 Å². The van der Waals surface area contributed by atoms with Crippen LogP contribution in [0.15, 0.2) is 0 Å². The number of carbonyl (C=O) groups excluding carboxylic acids is 2. The third kappa shape index (κ3) is 1.02. The molecule has 1 saturated heterocycles. The summed E-state index contributed by atoms with van der Waals surface area (Å²) in [5.41, 5.74) is 0. The van der Waals surface area contributed by atoms with Gasteiger partial charge in [0.2, 0.25) is 0 Å². The SMILES string of the molecule is O=C1OC(=O)[C@H](Cl)[C@@H]1Cl. The summed E-state index contributed by atoms with van der Waals surface area (Å²) >= 11 is 10.6. The van der Waals surface area contributed by atoms with Crippen LogP contribution in [0.4, 0.5) is 0 Å². The molecule has 0 unspecified atom stereocenters. The van der Waals surface area contributed by atoms with Crippen LogP contribution in [0.1, 0.15) is 0 Å². The maximum absolute atomic E-state index is 10.3. The number of ether oxygens (including phenoxy) is 1. The van der Waals surface area contributed by atoms with Gasteiger partial charge in [-0.15, -0.1) is 23.2 Å². The van der Waals surface area contributed by atoms with Gasteiger partial charge in [0.1, 0.15) is 0 Å². The van der Waals surface area contributed by atoms with Gasteiger partial charge in [0, 0.05) is 0 Å². The van der Waals surface area contributed by atoms with Crippen molar-refractivity contribution >= 4 is 35.1 Å². The molecule has 0 N–H and O–H groups in total. The van der Waals surface area contributed by atoms with Gasteiger partial charge < -0.3 is 4.74 Å². The molecule has 0 aromatic heterocycles. The van der Waals surface area contributed by atoms with E-state index in [9.17, 15) is 9.59 Å². The fraction of sp³-hybridized carbons (Fsp3) is 0.500. The molecule has 0 saturated carbocycles. The molecular formula is C4H2Cl2O3. The van der Waals surface area contributed by atoms with Gasteiger partial charge in [-0.05, 0) is 0 Å². The molecule has 1 rings (SSSR count). The van der Waals surface area contributed by atoms with Crippen molar-refractivity contribution in [1.29, 1.82) is 0 Å². The average Bonchev–Trinajstić information content (AvgIpc) is 1.98. The van der Waals surface area contributed by atoms with Crippen LogP contribution in [-0.4, -0.2) is 22.7 Å². The van der Waals surface area contributed by atoms with Crippen molar-refractivity contribution in [2.75, 3.05) is 0 Å². The number of halogens is 2. The van der Waals surface area contributed by atoms with E-state index < -0.39 is 22.7 Å². The fourth-order valence-electron chi connectivity index (χ4n) is 0.451. The van der Waals surface area contributed by atoms with Crippen LogP contribution in [0.3, 0.4) is 0 Å². The summed E-state index contributed by atoms with van der Waals surface area (Å²) in [6.45, 7) is 0. The molecule has 1 heterocycles. The molecule has 2 atom stereocenters. The highest BCUT2D eigenvalue weighted by molar-refractivity contribution is 6.45. The standard InChI is InChI=1S/C4H2Cl2O3/c5-1-2(6)4(8)9-3(1)7/h1-2H/t1-,2+. The molecule has 50 valence electrons. The van der Waals surface area contributed by atoms with Gasteiger partial charge >= 0.3 is 11.9 Å². The number of rotatable bonds is 0. The fourth-order valence-corrected chi connectivity index (χ4v) is 0.746. The Kier molecular flexibility index (Phi) is 1.64. The molecule has 1 fully saturated rings. The monoisotopic (exact) mass is 168 g/mol. The Hall–Kier alpha value is -0.280. The topological polar surface area (TPSA) is 43.4 Å². The van der Waals surface area contributed by atoms with E-state index in [0.717, 1.165) is 0 Å². The number of carbonyl (C=O) groups is 2. The van der Waals surface area contributed by atoms with Gasteiger partial charge in [-0.2, -0.15) is 0 Å². The zero-order chi connectivity index (χ0) is 7.02. The lowest BCUT2D eigenvalue weighted by molar-refractivity contribution is -0.151. The molecule has 0 bridgehead atoms. The van der Waals surface area contributed by atoms with Gasteiger partial charge in [-0.25, -0.2) is 9.59 Å². The lowest BCUT2D eigenvalue weighted by Gasteiger charge is -1.91. The molecule has 9 heavy (non-hydrogen) atoms. The molecule has 0 aromatic carbocycles. The van der Waals surface area contributed by atoms with E-state index in [2.05, 4.69) is 4.74 Å². The lowest BCUT2D eigenvalue weighted by atomic mass is 10.3. The largest absolute Gasteiger partial charge is 0.391 e. The molecule has 0 amide bonds. The van der Waals surface area contributed by atoms with E-state index in [4.69, 9.17) is 23.2 Å². The van der Waals surface area contributed by atoms with E-state index >= 15 is 0 Å². The van der Waals surface area contributed by atoms with Crippen molar-refractivity contribution in [3.05, 3.63) is 0 Å². The molecule has 1 aliphatic rings. The van der Waals surface area contributed by atoms with Gasteiger partial charge in [0.05, 0.1) is 0 Å². The van der Waals surface area contributed by atoms with Crippen molar-refractivity contribution in [2.24, 2.45) is 0 Å².